The molecule has 10 nitrogen and oxygen atoms in total. The molecule has 1 aromatic carbocycles. The molecule has 0 aliphatic carbocycles. The number of amides is 2. The van der Waals surface area contributed by atoms with Gasteiger partial charge in [-0.1, -0.05) is 0 Å². The van der Waals surface area contributed by atoms with Crippen LogP contribution < -0.4 is 4.74 Å². The van der Waals surface area contributed by atoms with Crippen LogP contribution >= 0.6 is 11.8 Å². The third kappa shape index (κ3) is 3.98. The molecule has 1 aliphatic rings. The number of nitro groups is 1. The van der Waals surface area contributed by atoms with Gasteiger partial charge in [0.05, 0.1) is 35.8 Å². The van der Waals surface area contributed by atoms with E-state index in [0.29, 0.717) is 17.0 Å². The van der Waals surface area contributed by atoms with E-state index in [4.69, 9.17) is 4.74 Å². The Morgan fingerprint density at radius 1 is 1.22 bits per heavy atom. The number of esters is 1. The second-order valence-corrected chi connectivity index (χ2v) is 8.02. The molecule has 168 valence electrons. The molecule has 0 unspecified atom stereocenters. The molecule has 0 radical (unpaired) electrons. The number of nitro benzene ring substituents is 1. The molecule has 2 heterocycles. The zero-order chi connectivity index (χ0) is 23.7. The van der Waals surface area contributed by atoms with E-state index in [-0.39, 0.29) is 10.6 Å². The minimum Gasteiger partial charge on any atom is -0.494 e. The van der Waals surface area contributed by atoms with Gasteiger partial charge in [-0.25, -0.2) is 4.79 Å². The Morgan fingerprint density at radius 2 is 1.91 bits per heavy atom. The highest BCUT2D eigenvalue weighted by Crippen LogP contribution is 2.36. The number of benzene rings is 1. The molecule has 11 heteroatoms. The van der Waals surface area contributed by atoms with E-state index in [2.05, 4.69) is 4.74 Å². The summed E-state index contributed by atoms with van der Waals surface area (Å²) in [5.74, 6) is -0.938. The molecule has 1 saturated heterocycles. The lowest BCUT2D eigenvalue weighted by atomic mass is 10.2. The fourth-order valence-corrected chi connectivity index (χ4v) is 4.40. The van der Waals surface area contributed by atoms with E-state index in [1.165, 1.54) is 33.3 Å². The number of ether oxygens (including phenoxy) is 2. The zero-order valence-electron chi connectivity index (χ0n) is 18.1. The predicted molar refractivity (Wildman–Crippen MR) is 118 cm³/mol. The van der Waals surface area contributed by atoms with Crippen molar-refractivity contribution in [1.82, 2.24) is 9.47 Å². The number of thioether (sulfide) groups is 1. The van der Waals surface area contributed by atoms with Crippen LogP contribution in [0.4, 0.5) is 10.5 Å². The number of aromatic nitrogens is 1. The summed E-state index contributed by atoms with van der Waals surface area (Å²) in [6.45, 7) is 5.09. The topological polar surface area (TPSA) is 121 Å². The number of aryl methyl sites for hydroxylation is 1. The fourth-order valence-electron chi connectivity index (χ4n) is 3.50. The highest BCUT2D eigenvalue weighted by Gasteiger charge is 2.41. The van der Waals surface area contributed by atoms with Gasteiger partial charge < -0.3 is 14.0 Å². The van der Waals surface area contributed by atoms with E-state index >= 15 is 0 Å². The van der Waals surface area contributed by atoms with Crippen molar-refractivity contribution in [2.24, 2.45) is 0 Å². The van der Waals surface area contributed by atoms with Gasteiger partial charge in [0.15, 0.2) is 0 Å². The molecule has 1 aromatic heterocycles. The van der Waals surface area contributed by atoms with Gasteiger partial charge in [-0.3, -0.25) is 24.6 Å². The Morgan fingerprint density at radius 3 is 2.50 bits per heavy atom. The maximum Gasteiger partial charge on any atom is 0.328 e. The first-order valence-corrected chi connectivity index (χ1v) is 10.3. The smallest absolute Gasteiger partial charge is 0.328 e. The summed E-state index contributed by atoms with van der Waals surface area (Å²) in [7, 11) is 2.62. The lowest BCUT2D eigenvalue weighted by Crippen LogP contribution is -2.42. The molecule has 0 spiro atoms. The zero-order valence-corrected chi connectivity index (χ0v) is 18.9. The third-order valence-electron chi connectivity index (χ3n) is 5.13. The number of nitrogens with zero attached hydrogens (tertiary/aromatic N) is 3. The lowest BCUT2D eigenvalue weighted by Gasteiger charge is -2.18. The molecule has 0 N–H and O–H groups in total. The Balaban J connectivity index is 2.01. The van der Waals surface area contributed by atoms with Crippen LogP contribution in [0.3, 0.4) is 0 Å². The van der Waals surface area contributed by atoms with Gasteiger partial charge in [-0.2, -0.15) is 0 Å². The number of rotatable bonds is 6. The second-order valence-electron chi connectivity index (χ2n) is 7.03. The number of carbonyl (C=O) groups excluding carboxylic acids is 3. The molecule has 1 fully saturated rings. The average molecular weight is 459 g/mol. The van der Waals surface area contributed by atoms with Gasteiger partial charge in [-0.15, -0.1) is 0 Å². The first-order chi connectivity index (χ1) is 15.1. The Labute approximate surface area is 187 Å². The summed E-state index contributed by atoms with van der Waals surface area (Å²) in [6.07, 6.45) is 1.59. The minimum atomic E-state index is -1.03. The Hall–Kier alpha value is -3.60. The van der Waals surface area contributed by atoms with Crippen LogP contribution in [-0.4, -0.2) is 51.8 Å². The van der Waals surface area contributed by atoms with Crippen LogP contribution in [0.15, 0.2) is 29.2 Å². The van der Waals surface area contributed by atoms with Crippen molar-refractivity contribution in [2.45, 2.75) is 26.8 Å². The first kappa shape index (κ1) is 23.1. The normalized spacial score (nSPS) is 15.9. The largest absolute Gasteiger partial charge is 0.494 e. The van der Waals surface area contributed by atoms with Crippen LogP contribution in [0.25, 0.3) is 11.8 Å². The molecular weight excluding hydrogens is 438 g/mol. The van der Waals surface area contributed by atoms with Crippen molar-refractivity contribution in [2.75, 3.05) is 14.2 Å². The minimum absolute atomic E-state index is 0.0957. The van der Waals surface area contributed by atoms with Crippen molar-refractivity contribution in [3.63, 3.8) is 0 Å². The van der Waals surface area contributed by atoms with Gasteiger partial charge in [0.2, 0.25) is 0 Å². The molecular formula is C21H21N3O7S. The van der Waals surface area contributed by atoms with E-state index in [0.717, 1.165) is 28.0 Å². The number of carbonyl (C=O) groups is 3. The van der Waals surface area contributed by atoms with Crippen LogP contribution in [0.1, 0.15) is 23.9 Å². The van der Waals surface area contributed by atoms with Gasteiger partial charge in [0.1, 0.15) is 11.8 Å². The van der Waals surface area contributed by atoms with Crippen molar-refractivity contribution in [3.8, 4) is 11.4 Å². The Bertz CT molecular complexity index is 1170. The summed E-state index contributed by atoms with van der Waals surface area (Å²) >= 11 is 0.747. The number of hydrogen-bond donors (Lipinski definition) is 0. The van der Waals surface area contributed by atoms with Crippen LogP contribution in [-0.2, 0) is 14.3 Å². The molecule has 1 aliphatic heterocycles. The summed E-state index contributed by atoms with van der Waals surface area (Å²) in [6, 6.07) is 5.11. The Kier molecular flexibility index (Phi) is 6.40. The first-order valence-electron chi connectivity index (χ1n) is 9.47. The highest BCUT2D eigenvalue weighted by atomic mass is 32.2. The fraction of sp³-hybridized carbons (Fsp3) is 0.286. The molecule has 2 aromatic rings. The van der Waals surface area contributed by atoms with E-state index in [9.17, 15) is 24.5 Å². The maximum atomic E-state index is 12.8. The van der Waals surface area contributed by atoms with Crippen molar-refractivity contribution in [1.29, 1.82) is 0 Å². The summed E-state index contributed by atoms with van der Waals surface area (Å²) < 4.78 is 11.8. The summed E-state index contributed by atoms with van der Waals surface area (Å²) in [4.78, 5) is 48.5. The van der Waals surface area contributed by atoms with Gasteiger partial charge >= 0.3 is 5.97 Å². The van der Waals surface area contributed by atoms with Crippen LogP contribution in [0, 0.1) is 24.0 Å². The van der Waals surface area contributed by atoms with Crippen molar-refractivity contribution in [3.05, 3.63) is 56.2 Å². The van der Waals surface area contributed by atoms with Crippen molar-refractivity contribution < 1.29 is 28.8 Å². The molecule has 32 heavy (non-hydrogen) atoms. The van der Waals surface area contributed by atoms with E-state index in [1.807, 2.05) is 24.5 Å². The standard InChI is InChI=1S/C21H21N3O7S/c1-11-8-14(9-18-19(25)23(21(27)32-18)13(3)20(26)31-5)12(2)22(11)16-7-6-15(24(28)29)10-17(16)30-4/h6-10,13H,1-5H3/b18-9+/t13-/m0/s1. The van der Waals surface area contributed by atoms with Gasteiger partial charge in [0, 0.05) is 17.5 Å². The summed E-state index contributed by atoms with van der Waals surface area (Å²) in [5, 5.41) is 10.5. The van der Waals surface area contributed by atoms with Crippen LogP contribution in [0.2, 0.25) is 0 Å². The van der Waals surface area contributed by atoms with E-state index in [1.54, 1.807) is 12.1 Å². The van der Waals surface area contributed by atoms with Crippen LogP contribution in [0.5, 0.6) is 5.75 Å². The average Bonchev–Trinajstić information content (AvgIpc) is 3.20. The monoisotopic (exact) mass is 459 g/mol. The maximum absolute atomic E-state index is 12.8. The lowest BCUT2D eigenvalue weighted by molar-refractivity contribution is -0.384. The SMILES string of the molecule is COC(=O)[C@H](C)N1C(=O)S/C(=C/c2cc(C)n(-c3ccc([N+](=O)[O-])cc3OC)c2C)C1=O. The molecule has 1 atom stereocenters. The van der Waals surface area contributed by atoms with Crippen molar-refractivity contribution >= 4 is 40.6 Å². The van der Waals surface area contributed by atoms with Gasteiger partial charge in [0.25, 0.3) is 16.8 Å². The predicted octanol–water partition coefficient (Wildman–Crippen LogP) is 3.61. The number of imide groups is 1. The van der Waals surface area contributed by atoms with E-state index < -0.39 is 28.1 Å². The molecule has 3 rings (SSSR count). The third-order valence-corrected chi connectivity index (χ3v) is 6.01. The highest BCUT2D eigenvalue weighted by molar-refractivity contribution is 8.18. The number of methoxy groups -OCH3 is 2. The quantitative estimate of drug-likeness (QED) is 0.278. The second kappa shape index (κ2) is 8.87. The number of non-ortho nitro benzene ring substituents is 1. The number of hydrogen-bond acceptors (Lipinski definition) is 8. The molecule has 0 bridgehead atoms. The van der Waals surface area contributed by atoms with Gasteiger partial charge in [-0.05, 0) is 56.3 Å². The molecule has 2 amide bonds. The molecule has 0 saturated carbocycles. The summed E-state index contributed by atoms with van der Waals surface area (Å²) in [5.41, 5.74) is 2.71.